The van der Waals surface area contributed by atoms with Gasteiger partial charge in [0.2, 0.25) is 0 Å². The molecule has 14 heavy (non-hydrogen) atoms. The van der Waals surface area contributed by atoms with Gasteiger partial charge in [-0.25, -0.2) is 0 Å². The predicted molar refractivity (Wildman–Crippen MR) is 60.6 cm³/mol. The molecule has 74 valence electrons. The van der Waals surface area contributed by atoms with Gasteiger partial charge in [0.1, 0.15) is 5.78 Å². The van der Waals surface area contributed by atoms with Crippen LogP contribution in [0.4, 0.5) is 0 Å². The molecule has 1 saturated carbocycles. The molecular weight excluding hydrogens is 240 g/mol. The Morgan fingerprint density at radius 2 is 1.86 bits per heavy atom. The summed E-state index contributed by atoms with van der Waals surface area (Å²) in [4.78, 5) is 11.3. The van der Waals surface area contributed by atoms with Gasteiger partial charge in [-0.15, -0.1) is 0 Å². The van der Waals surface area contributed by atoms with Gasteiger partial charge in [0.25, 0.3) is 0 Å². The minimum Gasteiger partial charge on any atom is -0.299 e. The lowest BCUT2D eigenvalue weighted by molar-refractivity contribution is -0.125. The fourth-order valence-corrected chi connectivity index (χ4v) is 2.17. The molecule has 1 aliphatic rings. The van der Waals surface area contributed by atoms with Crippen molar-refractivity contribution in [3.05, 3.63) is 33.3 Å². The highest BCUT2D eigenvalue weighted by Crippen LogP contribution is 2.35. The Kier molecular flexibility index (Phi) is 2.48. The van der Waals surface area contributed by atoms with Gasteiger partial charge in [-0.1, -0.05) is 28.1 Å². The zero-order valence-electron chi connectivity index (χ0n) is 8.43. The van der Waals surface area contributed by atoms with Crippen molar-refractivity contribution in [2.45, 2.75) is 32.6 Å². The van der Waals surface area contributed by atoms with E-state index in [2.05, 4.69) is 41.9 Å². The molecule has 2 rings (SSSR count). The Hall–Kier alpha value is -0.630. The highest BCUT2D eigenvalue weighted by atomic mass is 79.9. The number of aryl methyl sites for hydroxylation is 2. The van der Waals surface area contributed by atoms with E-state index in [9.17, 15) is 4.79 Å². The van der Waals surface area contributed by atoms with Crippen molar-refractivity contribution < 1.29 is 4.79 Å². The summed E-state index contributed by atoms with van der Waals surface area (Å²) in [6, 6.07) is 4.25. The maximum atomic E-state index is 11.3. The number of hydrogen-bond donors (Lipinski definition) is 0. The summed E-state index contributed by atoms with van der Waals surface area (Å²) in [6.07, 6.45) is 1.79. The van der Waals surface area contributed by atoms with Crippen molar-refractivity contribution >= 4 is 21.7 Å². The number of carbonyl (C=O) groups is 1. The van der Waals surface area contributed by atoms with E-state index in [4.69, 9.17) is 0 Å². The van der Waals surface area contributed by atoms with Crippen molar-refractivity contribution in [3.63, 3.8) is 0 Å². The van der Waals surface area contributed by atoms with Crippen LogP contribution >= 0.6 is 15.9 Å². The molecule has 0 aromatic heterocycles. The number of halogens is 1. The molecular formula is C12H13BrO. The van der Waals surface area contributed by atoms with Crippen LogP contribution in [0.25, 0.3) is 0 Å². The van der Waals surface area contributed by atoms with Crippen LogP contribution in [0.2, 0.25) is 0 Å². The highest BCUT2D eigenvalue weighted by molar-refractivity contribution is 9.10. The minimum atomic E-state index is 0.181. The molecule has 0 aliphatic heterocycles. The van der Waals surface area contributed by atoms with Crippen LogP contribution < -0.4 is 0 Å². The molecule has 0 amide bonds. The van der Waals surface area contributed by atoms with E-state index in [1.807, 2.05) is 0 Å². The molecule has 1 nitrogen and oxygen atoms in total. The van der Waals surface area contributed by atoms with E-state index in [1.165, 1.54) is 16.7 Å². The zero-order chi connectivity index (χ0) is 10.3. The number of benzene rings is 1. The van der Waals surface area contributed by atoms with Gasteiger partial charge < -0.3 is 0 Å². The lowest BCUT2D eigenvalue weighted by Crippen LogP contribution is -2.23. The molecule has 1 atom stereocenters. The van der Waals surface area contributed by atoms with Crippen molar-refractivity contribution in [2.75, 3.05) is 0 Å². The topological polar surface area (TPSA) is 17.1 Å². The van der Waals surface area contributed by atoms with Crippen LogP contribution in [0.1, 0.15) is 35.4 Å². The van der Waals surface area contributed by atoms with Crippen LogP contribution in [0.15, 0.2) is 16.6 Å². The molecule has 1 aromatic rings. The van der Waals surface area contributed by atoms with E-state index in [0.717, 1.165) is 17.3 Å². The molecule has 0 heterocycles. The Morgan fingerprint density at radius 1 is 1.29 bits per heavy atom. The molecule has 0 bridgehead atoms. The lowest BCUT2D eigenvalue weighted by atomic mass is 9.78. The quantitative estimate of drug-likeness (QED) is 0.748. The Bertz CT molecular complexity index is 372. The number of ketones is 1. The third kappa shape index (κ3) is 1.52. The molecule has 1 unspecified atom stereocenters. The minimum absolute atomic E-state index is 0.181. The average molecular weight is 253 g/mol. The number of hydrogen-bond acceptors (Lipinski definition) is 1. The van der Waals surface area contributed by atoms with Gasteiger partial charge >= 0.3 is 0 Å². The highest BCUT2D eigenvalue weighted by Gasteiger charge is 2.29. The maximum Gasteiger partial charge on any atom is 0.140 e. The maximum absolute atomic E-state index is 11.3. The summed E-state index contributed by atoms with van der Waals surface area (Å²) in [5.41, 5.74) is 3.64. The molecule has 0 N–H and O–H groups in total. The summed E-state index contributed by atoms with van der Waals surface area (Å²) in [6.45, 7) is 4.15. The summed E-state index contributed by atoms with van der Waals surface area (Å²) < 4.78 is 1.16. The zero-order valence-corrected chi connectivity index (χ0v) is 10.0. The van der Waals surface area contributed by atoms with Crippen LogP contribution in [0, 0.1) is 13.8 Å². The van der Waals surface area contributed by atoms with Gasteiger partial charge in [-0.05, 0) is 37.0 Å². The molecule has 1 aromatic carbocycles. The number of Topliss-reactive ketones (excluding diaryl/α,β-unsaturated/α-hetero) is 1. The standard InChI is InChI=1S/C12H13BrO/c1-7-5-9(6-8(2)12(7)13)10-3-4-11(10)14/h5-6,10H,3-4H2,1-2H3. The molecule has 1 fully saturated rings. The third-order valence-electron chi connectivity index (χ3n) is 2.93. The van der Waals surface area contributed by atoms with E-state index < -0.39 is 0 Å². The molecule has 0 spiro atoms. The third-order valence-corrected chi connectivity index (χ3v) is 4.18. The van der Waals surface area contributed by atoms with Crippen molar-refractivity contribution in [1.82, 2.24) is 0 Å². The van der Waals surface area contributed by atoms with Gasteiger partial charge in [-0.3, -0.25) is 4.79 Å². The normalized spacial score (nSPS) is 20.8. The van der Waals surface area contributed by atoms with E-state index in [0.29, 0.717) is 5.78 Å². The second-order valence-electron chi connectivity index (χ2n) is 4.03. The summed E-state index contributed by atoms with van der Waals surface area (Å²) in [7, 11) is 0. The predicted octanol–water partition coefficient (Wildman–Crippen LogP) is 3.51. The van der Waals surface area contributed by atoms with Crippen molar-refractivity contribution in [1.29, 1.82) is 0 Å². The first kappa shape index (κ1) is 9.91. The largest absolute Gasteiger partial charge is 0.299 e. The van der Waals surface area contributed by atoms with Gasteiger partial charge in [0.05, 0.1) is 0 Å². The second kappa shape index (κ2) is 3.50. The van der Waals surface area contributed by atoms with Crippen LogP contribution in [-0.4, -0.2) is 5.78 Å². The summed E-state index contributed by atoms with van der Waals surface area (Å²) >= 11 is 3.53. The van der Waals surface area contributed by atoms with Gasteiger partial charge in [0.15, 0.2) is 0 Å². The lowest BCUT2D eigenvalue weighted by Gasteiger charge is -2.25. The first-order valence-electron chi connectivity index (χ1n) is 4.89. The van der Waals surface area contributed by atoms with Crippen LogP contribution in [0.3, 0.4) is 0 Å². The number of rotatable bonds is 1. The van der Waals surface area contributed by atoms with Gasteiger partial charge in [0, 0.05) is 16.8 Å². The Morgan fingerprint density at radius 3 is 2.21 bits per heavy atom. The fraction of sp³-hybridized carbons (Fsp3) is 0.417. The molecule has 1 aliphatic carbocycles. The SMILES string of the molecule is Cc1cc(C2CCC2=O)cc(C)c1Br. The molecule has 2 heteroatoms. The fourth-order valence-electron chi connectivity index (χ4n) is 1.94. The summed E-state index contributed by atoms with van der Waals surface area (Å²) in [5, 5.41) is 0. The average Bonchev–Trinajstić information content (AvgIpc) is 2.11. The first-order valence-corrected chi connectivity index (χ1v) is 5.68. The smallest absolute Gasteiger partial charge is 0.140 e. The van der Waals surface area contributed by atoms with Crippen LogP contribution in [-0.2, 0) is 4.79 Å². The van der Waals surface area contributed by atoms with Gasteiger partial charge in [-0.2, -0.15) is 0 Å². The number of carbonyl (C=O) groups excluding carboxylic acids is 1. The first-order chi connectivity index (χ1) is 6.59. The van der Waals surface area contributed by atoms with E-state index >= 15 is 0 Å². The van der Waals surface area contributed by atoms with E-state index in [1.54, 1.807) is 0 Å². The Balaban J connectivity index is 2.40. The van der Waals surface area contributed by atoms with E-state index in [-0.39, 0.29) is 5.92 Å². The van der Waals surface area contributed by atoms with Crippen molar-refractivity contribution in [3.8, 4) is 0 Å². The molecule has 0 saturated heterocycles. The molecule has 0 radical (unpaired) electrons. The monoisotopic (exact) mass is 252 g/mol. The Labute approximate surface area is 92.6 Å². The summed E-state index contributed by atoms with van der Waals surface area (Å²) in [5.74, 6) is 0.576. The van der Waals surface area contributed by atoms with Crippen LogP contribution in [0.5, 0.6) is 0 Å². The second-order valence-corrected chi connectivity index (χ2v) is 4.82. The van der Waals surface area contributed by atoms with Crippen molar-refractivity contribution in [2.24, 2.45) is 0 Å².